The molecule has 0 aliphatic carbocycles. The average Bonchev–Trinajstić information content (AvgIpc) is 3.09. The molecule has 0 saturated carbocycles. The Morgan fingerprint density at radius 1 is 1.16 bits per heavy atom. The van der Waals surface area contributed by atoms with Crippen molar-refractivity contribution in [3.05, 3.63) is 52.5 Å². The average molecular weight is 275 g/mol. The van der Waals surface area contributed by atoms with E-state index in [1.807, 2.05) is 36.4 Å². The topological polar surface area (TPSA) is 81.7 Å². The maximum Gasteiger partial charge on any atom is 0.134 e. The summed E-state index contributed by atoms with van der Waals surface area (Å²) in [6.07, 6.45) is 0. The Kier molecular flexibility index (Phi) is 3.16. The van der Waals surface area contributed by atoms with Crippen molar-refractivity contribution in [3.8, 4) is 11.3 Å². The minimum atomic E-state index is 0.310. The van der Waals surface area contributed by atoms with Crippen molar-refractivity contribution < 1.29 is 4.42 Å². The molecule has 0 saturated heterocycles. The Labute approximate surface area is 113 Å². The molecule has 0 fully saturated rings. The Hall–Kier alpha value is -2.34. The third-order valence-electron chi connectivity index (χ3n) is 2.50. The van der Waals surface area contributed by atoms with Gasteiger partial charge in [-0.1, -0.05) is 11.6 Å². The van der Waals surface area contributed by atoms with Gasteiger partial charge in [-0.25, -0.2) is 0 Å². The quantitative estimate of drug-likeness (QED) is 0.791. The monoisotopic (exact) mass is 274 g/mol. The highest BCUT2D eigenvalue weighted by Crippen LogP contribution is 2.25. The number of hydrogen-bond donors (Lipinski definition) is 1. The molecule has 6 nitrogen and oxygen atoms in total. The first kappa shape index (κ1) is 11.7. The maximum absolute atomic E-state index is 5.84. The number of aromatic amines is 1. The molecule has 1 N–H and O–H groups in total. The van der Waals surface area contributed by atoms with E-state index in [4.69, 9.17) is 16.0 Å². The number of nitrogens with one attached hydrogen (secondary N) is 1. The summed E-state index contributed by atoms with van der Waals surface area (Å²) in [7, 11) is 0. The van der Waals surface area contributed by atoms with E-state index in [0.29, 0.717) is 17.5 Å². The molecule has 3 aromatic rings. The van der Waals surface area contributed by atoms with Crippen LogP contribution in [0.25, 0.3) is 16.6 Å². The fourth-order valence-corrected chi connectivity index (χ4v) is 1.73. The van der Waals surface area contributed by atoms with Gasteiger partial charge in [0, 0.05) is 17.1 Å². The summed E-state index contributed by atoms with van der Waals surface area (Å²) in [5.74, 6) is 1.81. The van der Waals surface area contributed by atoms with E-state index in [2.05, 4.69) is 25.9 Å². The number of H-pyrrole nitrogens is 1. The maximum atomic E-state index is 5.84. The van der Waals surface area contributed by atoms with Gasteiger partial charge in [-0.3, -0.25) is 15.4 Å². The van der Waals surface area contributed by atoms with Crippen LogP contribution in [0.4, 0.5) is 5.95 Å². The summed E-state index contributed by atoms with van der Waals surface area (Å²) in [6.45, 7) is 0.368. The van der Waals surface area contributed by atoms with E-state index < -0.39 is 0 Å². The van der Waals surface area contributed by atoms with Crippen molar-refractivity contribution >= 4 is 17.5 Å². The van der Waals surface area contributed by atoms with Crippen molar-refractivity contribution in [2.75, 3.05) is 0 Å². The van der Waals surface area contributed by atoms with Gasteiger partial charge in [0.05, 0.1) is 5.95 Å². The number of furan rings is 1. The first-order chi connectivity index (χ1) is 9.31. The standard InChI is InChI=1S/C12H9ClN5O/c13-9-3-1-8(2-4-9)11-6-5-10(19-11)7-14-12-15-17-18-16-12/h1-6H,7H2,(H-,14,15,16,17,18)/q-1. The molecular weight excluding hydrogens is 266 g/mol. The van der Waals surface area contributed by atoms with Crippen LogP contribution in [0.5, 0.6) is 0 Å². The van der Waals surface area contributed by atoms with Crippen molar-refractivity contribution in [2.24, 2.45) is 0 Å². The fraction of sp³-hybridized carbons (Fsp3) is 0.0833. The van der Waals surface area contributed by atoms with Crippen LogP contribution in [0.1, 0.15) is 5.76 Å². The van der Waals surface area contributed by atoms with Crippen LogP contribution in [0.2, 0.25) is 5.02 Å². The highest BCUT2D eigenvalue weighted by atomic mass is 35.5. The van der Waals surface area contributed by atoms with Crippen LogP contribution < -0.4 is 0 Å². The molecule has 2 aromatic heterocycles. The normalized spacial score (nSPS) is 10.6. The van der Waals surface area contributed by atoms with Gasteiger partial charge in [-0.05, 0) is 36.4 Å². The van der Waals surface area contributed by atoms with E-state index in [9.17, 15) is 0 Å². The largest absolute Gasteiger partial charge is 0.461 e. The van der Waals surface area contributed by atoms with Crippen LogP contribution in [0, 0.1) is 0 Å². The molecule has 1 aromatic carbocycles. The molecule has 19 heavy (non-hydrogen) atoms. The van der Waals surface area contributed by atoms with Gasteiger partial charge in [-0.15, -0.1) is 5.21 Å². The Morgan fingerprint density at radius 2 is 2.00 bits per heavy atom. The van der Waals surface area contributed by atoms with Gasteiger partial charge in [0.1, 0.15) is 11.5 Å². The van der Waals surface area contributed by atoms with Crippen LogP contribution in [0.15, 0.2) is 40.8 Å². The predicted octanol–water partition coefficient (Wildman–Crippen LogP) is 3.32. The Morgan fingerprint density at radius 3 is 2.74 bits per heavy atom. The fourth-order valence-electron chi connectivity index (χ4n) is 1.60. The minimum Gasteiger partial charge on any atom is -0.461 e. The summed E-state index contributed by atoms with van der Waals surface area (Å²) < 4.78 is 5.68. The molecule has 0 spiro atoms. The third-order valence-corrected chi connectivity index (χ3v) is 2.75. The van der Waals surface area contributed by atoms with E-state index in [1.54, 1.807) is 0 Å². The number of tetrazole rings is 1. The minimum absolute atomic E-state index is 0.310. The molecule has 96 valence electrons. The number of halogens is 1. The summed E-state index contributed by atoms with van der Waals surface area (Å²) in [6, 6.07) is 11.2. The van der Waals surface area contributed by atoms with Crippen molar-refractivity contribution in [1.82, 2.24) is 20.6 Å². The molecule has 0 amide bonds. The number of nitrogens with zero attached hydrogens (tertiary/aromatic N) is 4. The van der Waals surface area contributed by atoms with Gasteiger partial charge >= 0.3 is 0 Å². The summed E-state index contributed by atoms with van der Waals surface area (Å²) >= 11 is 5.84. The van der Waals surface area contributed by atoms with Crippen LogP contribution in [-0.2, 0) is 6.54 Å². The van der Waals surface area contributed by atoms with Crippen molar-refractivity contribution in [1.29, 1.82) is 0 Å². The second-order valence-corrected chi connectivity index (χ2v) is 4.24. The summed E-state index contributed by atoms with van der Waals surface area (Å²) in [5, 5.41) is 18.1. The van der Waals surface area contributed by atoms with E-state index in [0.717, 1.165) is 17.1 Å². The van der Waals surface area contributed by atoms with Gasteiger partial charge in [0.2, 0.25) is 0 Å². The smallest absolute Gasteiger partial charge is 0.134 e. The number of aromatic nitrogens is 4. The lowest BCUT2D eigenvalue weighted by Gasteiger charge is -2.03. The summed E-state index contributed by atoms with van der Waals surface area (Å²) in [4.78, 5) is 0. The van der Waals surface area contributed by atoms with Crippen molar-refractivity contribution in [2.45, 2.75) is 6.54 Å². The van der Waals surface area contributed by atoms with E-state index in [-0.39, 0.29) is 0 Å². The van der Waals surface area contributed by atoms with Crippen molar-refractivity contribution in [3.63, 3.8) is 0 Å². The first-order valence-electron chi connectivity index (χ1n) is 5.57. The lowest BCUT2D eigenvalue weighted by molar-refractivity contribution is 0.534. The first-order valence-corrected chi connectivity index (χ1v) is 5.95. The lowest BCUT2D eigenvalue weighted by Crippen LogP contribution is -1.79. The van der Waals surface area contributed by atoms with Gasteiger partial charge in [-0.2, -0.15) is 0 Å². The van der Waals surface area contributed by atoms with E-state index in [1.165, 1.54) is 0 Å². The predicted molar refractivity (Wildman–Crippen MR) is 70.1 cm³/mol. The molecule has 0 aliphatic heterocycles. The second kappa shape index (κ2) is 5.11. The number of hydrogen-bond acceptors (Lipinski definition) is 4. The lowest BCUT2D eigenvalue weighted by atomic mass is 10.2. The van der Waals surface area contributed by atoms with Gasteiger partial charge in [0.25, 0.3) is 0 Å². The van der Waals surface area contributed by atoms with Crippen LogP contribution >= 0.6 is 11.6 Å². The zero-order valence-electron chi connectivity index (χ0n) is 9.75. The van der Waals surface area contributed by atoms with E-state index >= 15 is 0 Å². The molecular formula is C12H9ClN5O-. The Bertz CT molecular complexity index is 647. The molecule has 0 bridgehead atoms. The molecule has 0 unspecified atom stereocenters. The molecule has 0 radical (unpaired) electrons. The molecule has 3 rings (SSSR count). The second-order valence-electron chi connectivity index (χ2n) is 3.80. The molecule has 2 heterocycles. The zero-order chi connectivity index (χ0) is 13.1. The summed E-state index contributed by atoms with van der Waals surface area (Å²) in [5.41, 5.74) is 0.968. The highest BCUT2D eigenvalue weighted by Gasteiger charge is 2.04. The number of rotatable bonds is 4. The molecule has 7 heteroatoms. The number of benzene rings is 1. The van der Waals surface area contributed by atoms with Gasteiger partial charge < -0.3 is 9.73 Å². The molecule has 0 atom stereocenters. The van der Waals surface area contributed by atoms with Crippen LogP contribution in [0.3, 0.4) is 0 Å². The van der Waals surface area contributed by atoms with Crippen LogP contribution in [-0.4, -0.2) is 20.6 Å². The highest BCUT2D eigenvalue weighted by molar-refractivity contribution is 6.30. The zero-order valence-corrected chi connectivity index (χ0v) is 10.5. The Balaban J connectivity index is 1.70. The molecule has 0 aliphatic rings. The van der Waals surface area contributed by atoms with Gasteiger partial charge in [0.15, 0.2) is 0 Å². The SMILES string of the molecule is Clc1ccc(-c2ccc(C[N-]c3nn[nH]n3)o2)cc1. The third kappa shape index (κ3) is 2.74.